The van der Waals surface area contributed by atoms with E-state index in [1.807, 2.05) is 22.6 Å². The van der Waals surface area contributed by atoms with Crippen LogP contribution in [0.3, 0.4) is 0 Å². The zero-order chi connectivity index (χ0) is 20.2. The van der Waals surface area contributed by atoms with Gasteiger partial charge in [0, 0.05) is 9.77 Å². The SMILES string of the molecule is Cc1cc(-n2ccc(C(F)(F)F)n2)ccc1N1C(=O)c2cccc(I)c2C1=O. The zero-order valence-corrected chi connectivity index (χ0v) is 16.4. The molecule has 0 atom stereocenters. The highest BCUT2D eigenvalue weighted by Gasteiger charge is 2.38. The number of benzene rings is 2. The van der Waals surface area contributed by atoms with E-state index in [4.69, 9.17) is 0 Å². The molecule has 0 fully saturated rings. The van der Waals surface area contributed by atoms with Crippen LogP contribution in [-0.4, -0.2) is 21.6 Å². The minimum Gasteiger partial charge on any atom is -0.268 e. The van der Waals surface area contributed by atoms with Crippen LogP contribution >= 0.6 is 22.6 Å². The summed E-state index contributed by atoms with van der Waals surface area (Å²) in [5, 5.41) is 3.54. The van der Waals surface area contributed by atoms with E-state index in [0.717, 1.165) is 15.6 Å². The highest BCUT2D eigenvalue weighted by molar-refractivity contribution is 14.1. The van der Waals surface area contributed by atoms with Crippen LogP contribution in [0.15, 0.2) is 48.7 Å². The summed E-state index contributed by atoms with van der Waals surface area (Å²) in [5.41, 5.74) is 1.04. The molecule has 0 bridgehead atoms. The standard InChI is InChI=1S/C19H11F3IN3O2/c1-10-9-11(25-8-7-15(24-25)19(20,21)22)5-6-14(10)26-17(27)12-3-2-4-13(23)16(12)18(26)28/h2-9H,1H3. The Bertz CT molecular complexity index is 1140. The summed E-state index contributed by atoms with van der Waals surface area (Å²) in [5.74, 6) is -0.841. The van der Waals surface area contributed by atoms with E-state index in [9.17, 15) is 22.8 Å². The molecular weight excluding hydrogens is 486 g/mol. The molecule has 2 heterocycles. The first-order chi connectivity index (χ1) is 13.2. The minimum atomic E-state index is -4.53. The number of aromatic nitrogens is 2. The number of halogens is 4. The van der Waals surface area contributed by atoms with Gasteiger partial charge < -0.3 is 0 Å². The quantitative estimate of drug-likeness (QED) is 0.384. The maximum Gasteiger partial charge on any atom is 0.435 e. The number of carbonyl (C=O) groups is 2. The van der Waals surface area contributed by atoms with Gasteiger partial charge in [-0.15, -0.1) is 0 Å². The first-order valence-electron chi connectivity index (χ1n) is 8.09. The number of fused-ring (bicyclic) bond motifs is 1. The van der Waals surface area contributed by atoms with Crippen LogP contribution in [0, 0.1) is 10.5 Å². The first kappa shape index (κ1) is 18.7. The van der Waals surface area contributed by atoms with E-state index >= 15 is 0 Å². The number of hydrogen-bond donors (Lipinski definition) is 0. The average molecular weight is 497 g/mol. The molecule has 0 N–H and O–H groups in total. The Morgan fingerprint density at radius 2 is 1.79 bits per heavy atom. The van der Waals surface area contributed by atoms with E-state index in [-0.39, 0.29) is 0 Å². The third-order valence-corrected chi connectivity index (χ3v) is 5.33. The van der Waals surface area contributed by atoms with E-state index in [1.165, 1.54) is 18.3 Å². The first-order valence-corrected chi connectivity index (χ1v) is 9.17. The number of alkyl halides is 3. The van der Waals surface area contributed by atoms with E-state index in [0.29, 0.717) is 31.6 Å². The van der Waals surface area contributed by atoms with Crippen molar-refractivity contribution in [3.05, 3.63) is 74.6 Å². The molecule has 2 amide bonds. The summed E-state index contributed by atoms with van der Waals surface area (Å²) in [6, 6.07) is 10.6. The maximum atomic E-state index is 12.8. The van der Waals surface area contributed by atoms with Gasteiger partial charge in [-0.25, -0.2) is 9.58 Å². The molecule has 9 heteroatoms. The summed E-state index contributed by atoms with van der Waals surface area (Å²) < 4.78 is 40.0. The van der Waals surface area contributed by atoms with Crippen LogP contribution < -0.4 is 4.90 Å². The Morgan fingerprint density at radius 3 is 2.39 bits per heavy atom. The van der Waals surface area contributed by atoms with Gasteiger partial charge in [0.25, 0.3) is 11.8 Å². The van der Waals surface area contributed by atoms with Gasteiger partial charge in [0.15, 0.2) is 5.69 Å². The highest BCUT2D eigenvalue weighted by atomic mass is 127. The van der Waals surface area contributed by atoms with Crippen molar-refractivity contribution >= 4 is 40.1 Å². The fourth-order valence-electron chi connectivity index (χ4n) is 3.11. The molecule has 3 aromatic rings. The zero-order valence-electron chi connectivity index (χ0n) is 14.3. The number of anilines is 1. The van der Waals surface area contributed by atoms with Crippen molar-refractivity contribution in [1.29, 1.82) is 0 Å². The lowest BCUT2D eigenvalue weighted by Crippen LogP contribution is -2.30. The van der Waals surface area contributed by atoms with Crippen molar-refractivity contribution in [3.63, 3.8) is 0 Å². The van der Waals surface area contributed by atoms with Gasteiger partial charge in [0.2, 0.25) is 0 Å². The topological polar surface area (TPSA) is 55.2 Å². The summed E-state index contributed by atoms with van der Waals surface area (Å²) in [6.45, 7) is 1.68. The second kappa shape index (κ2) is 6.43. The lowest BCUT2D eigenvalue weighted by Gasteiger charge is -2.17. The third kappa shape index (κ3) is 2.89. The molecule has 2 aromatic carbocycles. The number of nitrogens with zero attached hydrogens (tertiary/aromatic N) is 3. The van der Waals surface area contributed by atoms with Gasteiger partial charge in [-0.3, -0.25) is 9.59 Å². The predicted octanol–water partition coefficient (Wildman–Crippen LogP) is 4.60. The van der Waals surface area contributed by atoms with Crippen molar-refractivity contribution in [2.24, 2.45) is 0 Å². The Labute approximate surface area is 170 Å². The van der Waals surface area contributed by atoms with Crippen molar-refractivity contribution < 1.29 is 22.8 Å². The largest absolute Gasteiger partial charge is 0.435 e. The fourth-order valence-corrected chi connectivity index (χ4v) is 3.84. The number of imide groups is 1. The highest BCUT2D eigenvalue weighted by Crippen LogP contribution is 2.34. The normalized spacial score (nSPS) is 14.0. The Kier molecular flexibility index (Phi) is 4.29. The Hall–Kier alpha value is -2.69. The van der Waals surface area contributed by atoms with Crippen molar-refractivity contribution in [2.45, 2.75) is 13.1 Å². The number of aryl methyl sites for hydroxylation is 1. The lowest BCUT2D eigenvalue weighted by atomic mass is 10.1. The number of hydrogen-bond acceptors (Lipinski definition) is 3. The van der Waals surface area contributed by atoms with Gasteiger partial charge in [-0.05, 0) is 71.5 Å². The molecule has 1 aromatic heterocycles. The molecule has 0 saturated carbocycles. The van der Waals surface area contributed by atoms with Gasteiger partial charge in [-0.1, -0.05) is 6.07 Å². The molecule has 1 aliphatic rings. The molecule has 0 unspecified atom stereocenters. The molecule has 0 spiro atoms. The number of amides is 2. The van der Waals surface area contributed by atoms with Crippen LogP contribution in [0.2, 0.25) is 0 Å². The molecule has 0 radical (unpaired) electrons. The molecule has 4 rings (SSSR count). The van der Waals surface area contributed by atoms with E-state index in [2.05, 4.69) is 5.10 Å². The Balaban J connectivity index is 1.72. The minimum absolute atomic E-state index is 0.335. The second-order valence-electron chi connectivity index (χ2n) is 6.22. The Morgan fingerprint density at radius 1 is 1.04 bits per heavy atom. The summed E-state index contributed by atoms with van der Waals surface area (Å²) in [4.78, 5) is 26.6. The van der Waals surface area contributed by atoms with Crippen LogP contribution in [0.1, 0.15) is 32.0 Å². The number of rotatable bonds is 2. The maximum absolute atomic E-state index is 12.8. The van der Waals surface area contributed by atoms with Crippen LogP contribution in [0.4, 0.5) is 18.9 Å². The van der Waals surface area contributed by atoms with Crippen LogP contribution in [0.25, 0.3) is 5.69 Å². The second-order valence-corrected chi connectivity index (χ2v) is 7.38. The van der Waals surface area contributed by atoms with Crippen LogP contribution in [-0.2, 0) is 6.18 Å². The molecular formula is C19H11F3IN3O2. The molecule has 28 heavy (non-hydrogen) atoms. The van der Waals surface area contributed by atoms with Crippen molar-refractivity contribution in [2.75, 3.05) is 4.90 Å². The average Bonchev–Trinajstić information content (AvgIpc) is 3.21. The van der Waals surface area contributed by atoms with Crippen LogP contribution in [0.5, 0.6) is 0 Å². The van der Waals surface area contributed by atoms with Gasteiger partial charge in [0.1, 0.15) is 0 Å². The number of carbonyl (C=O) groups excluding carboxylic acids is 2. The molecule has 142 valence electrons. The third-order valence-electron chi connectivity index (χ3n) is 4.43. The molecule has 5 nitrogen and oxygen atoms in total. The fraction of sp³-hybridized carbons (Fsp3) is 0.105. The van der Waals surface area contributed by atoms with Gasteiger partial charge >= 0.3 is 6.18 Å². The monoisotopic (exact) mass is 497 g/mol. The molecule has 0 saturated heterocycles. The predicted molar refractivity (Wildman–Crippen MR) is 104 cm³/mol. The summed E-state index contributed by atoms with van der Waals surface area (Å²) in [7, 11) is 0. The van der Waals surface area contributed by atoms with Gasteiger partial charge in [0.05, 0.1) is 22.5 Å². The van der Waals surface area contributed by atoms with Gasteiger partial charge in [-0.2, -0.15) is 18.3 Å². The lowest BCUT2D eigenvalue weighted by molar-refractivity contribution is -0.141. The summed E-state index contributed by atoms with van der Waals surface area (Å²) >= 11 is 2.01. The van der Waals surface area contributed by atoms with Crippen molar-refractivity contribution in [1.82, 2.24) is 9.78 Å². The smallest absolute Gasteiger partial charge is 0.268 e. The van der Waals surface area contributed by atoms with E-state index < -0.39 is 23.7 Å². The van der Waals surface area contributed by atoms with Crippen molar-refractivity contribution in [3.8, 4) is 5.69 Å². The summed E-state index contributed by atoms with van der Waals surface area (Å²) in [6.07, 6.45) is -3.32. The molecule has 0 aliphatic carbocycles. The molecule has 1 aliphatic heterocycles. The van der Waals surface area contributed by atoms with E-state index in [1.54, 1.807) is 31.2 Å².